The van der Waals surface area contributed by atoms with Crippen molar-refractivity contribution in [1.29, 1.82) is 0 Å². The average molecular weight is 287 g/mol. The van der Waals surface area contributed by atoms with Gasteiger partial charge in [-0.3, -0.25) is 4.79 Å². The van der Waals surface area contributed by atoms with E-state index in [9.17, 15) is 4.79 Å². The summed E-state index contributed by atoms with van der Waals surface area (Å²) in [5.74, 6) is 0.772. The predicted molar refractivity (Wildman–Crippen MR) is 83.6 cm³/mol. The Labute approximate surface area is 123 Å². The lowest BCUT2D eigenvalue weighted by molar-refractivity contribution is -0.115. The van der Waals surface area contributed by atoms with E-state index < -0.39 is 0 Å². The number of rotatable bonds is 5. The third-order valence-electron chi connectivity index (χ3n) is 2.90. The molecular weight excluding hydrogens is 270 g/mol. The van der Waals surface area contributed by atoms with Gasteiger partial charge in [0.2, 0.25) is 5.91 Å². The molecule has 0 fully saturated rings. The second kappa shape index (κ2) is 7.01. The van der Waals surface area contributed by atoms with E-state index in [2.05, 4.69) is 5.32 Å². The van der Waals surface area contributed by atoms with E-state index in [0.29, 0.717) is 6.42 Å². The first-order chi connectivity index (χ1) is 9.71. The van der Waals surface area contributed by atoms with Crippen LogP contribution in [-0.4, -0.2) is 19.3 Å². The molecule has 0 aliphatic carbocycles. The maximum atomic E-state index is 11.9. The van der Waals surface area contributed by atoms with Gasteiger partial charge in [0, 0.05) is 10.6 Å². The molecule has 4 heteroatoms. The van der Waals surface area contributed by atoms with Crippen molar-refractivity contribution in [1.82, 2.24) is 0 Å². The second-order valence-corrected chi connectivity index (χ2v) is 5.18. The molecule has 2 aromatic carbocycles. The van der Waals surface area contributed by atoms with E-state index in [-0.39, 0.29) is 5.91 Å². The molecule has 2 aromatic rings. The van der Waals surface area contributed by atoms with Crippen LogP contribution in [0.4, 0.5) is 5.69 Å². The van der Waals surface area contributed by atoms with E-state index in [1.54, 1.807) is 18.9 Å². The number of anilines is 1. The van der Waals surface area contributed by atoms with Gasteiger partial charge in [-0.15, -0.1) is 11.8 Å². The third-order valence-corrected chi connectivity index (χ3v) is 3.64. The molecule has 0 atom stereocenters. The molecule has 0 bridgehead atoms. The van der Waals surface area contributed by atoms with Gasteiger partial charge in [0.25, 0.3) is 0 Å². The SMILES string of the molecule is COc1ccc(CC(=O)Nc2ccc(SC)cc2)cc1. The van der Waals surface area contributed by atoms with Crippen molar-refractivity contribution in [2.24, 2.45) is 0 Å². The minimum atomic E-state index is -0.0212. The summed E-state index contributed by atoms with van der Waals surface area (Å²) in [6, 6.07) is 15.3. The van der Waals surface area contributed by atoms with Gasteiger partial charge in [0.05, 0.1) is 13.5 Å². The van der Waals surface area contributed by atoms with E-state index in [1.807, 2.05) is 54.8 Å². The molecule has 1 N–H and O–H groups in total. The van der Waals surface area contributed by atoms with Crippen LogP contribution in [-0.2, 0) is 11.2 Å². The monoisotopic (exact) mass is 287 g/mol. The Morgan fingerprint density at radius 3 is 2.30 bits per heavy atom. The van der Waals surface area contributed by atoms with Gasteiger partial charge < -0.3 is 10.1 Å². The Bertz CT molecular complexity index is 513. The van der Waals surface area contributed by atoms with Crippen molar-refractivity contribution in [3.05, 3.63) is 54.1 Å². The van der Waals surface area contributed by atoms with Gasteiger partial charge in [-0.25, -0.2) is 0 Å². The van der Waals surface area contributed by atoms with E-state index in [1.165, 1.54) is 4.90 Å². The van der Waals surface area contributed by atoms with Gasteiger partial charge in [0.15, 0.2) is 0 Å². The van der Waals surface area contributed by atoms with Crippen molar-refractivity contribution >= 4 is 23.4 Å². The highest BCUT2D eigenvalue weighted by Gasteiger charge is 2.04. The zero-order valence-corrected chi connectivity index (χ0v) is 12.4. The highest BCUT2D eigenvalue weighted by atomic mass is 32.2. The fraction of sp³-hybridized carbons (Fsp3) is 0.188. The van der Waals surface area contributed by atoms with Gasteiger partial charge in [0.1, 0.15) is 5.75 Å². The summed E-state index contributed by atoms with van der Waals surface area (Å²) in [6.07, 6.45) is 2.38. The van der Waals surface area contributed by atoms with Crippen LogP contribution in [0.3, 0.4) is 0 Å². The number of thioether (sulfide) groups is 1. The van der Waals surface area contributed by atoms with Crippen molar-refractivity contribution in [3.63, 3.8) is 0 Å². The largest absolute Gasteiger partial charge is 0.497 e. The van der Waals surface area contributed by atoms with Crippen molar-refractivity contribution < 1.29 is 9.53 Å². The molecule has 104 valence electrons. The molecule has 0 saturated carbocycles. The number of benzene rings is 2. The number of carbonyl (C=O) groups excluding carboxylic acids is 1. The van der Waals surface area contributed by atoms with Crippen LogP contribution >= 0.6 is 11.8 Å². The quantitative estimate of drug-likeness (QED) is 0.854. The van der Waals surface area contributed by atoms with Gasteiger partial charge in [-0.1, -0.05) is 12.1 Å². The lowest BCUT2D eigenvalue weighted by Crippen LogP contribution is -2.14. The number of methoxy groups -OCH3 is 1. The zero-order valence-electron chi connectivity index (χ0n) is 11.6. The van der Waals surface area contributed by atoms with Crippen LogP contribution in [0, 0.1) is 0 Å². The third kappa shape index (κ3) is 4.03. The maximum Gasteiger partial charge on any atom is 0.228 e. The molecule has 0 radical (unpaired) electrons. The highest BCUT2D eigenvalue weighted by molar-refractivity contribution is 7.98. The zero-order chi connectivity index (χ0) is 14.4. The maximum absolute atomic E-state index is 11.9. The van der Waals surface area contributed by atoms with Crippen molar-refractivity contribution in [3.8, 4) is 5.75 Å². The summed E-state index contributed by atoms with van der Waals surface area (Å²) in [7, 11) is 1.62. The van der Waals surface area contributed by atoms with Crippen LogP contribution in [0.5, 0.6) is 5.75 Å². The van der Waals surface area contributed by atoms with Gasteiger partial charge >= 0.3 is 0 Å². The normalized spacial score (nSPS) is 10.1. The summed E-state index contributed by atoms with van der Waals surface area (Å²) in [4.78, 5) is 13.1. The number of hydrogen-bond acceptors (Lipinski definition) is 3. The van der Waals surface area contributed by atoms with E-state index in [4.69, 9.17) is 4.74 Å². The van der Waals surface area contributed by atoms with Crippen LogP contribution in [0.2, 0.25) is 0 Å². The number of amides is 1. The Balaban J connectivity index is 1.93. The summed E-state index contributed by atoms with van der Waals surface area (Å²) >= 11 is 1.68. The summed E-state index contributed by atoms with van der Waals surface area (Å²) in [5.41, 5.74) is 1.78. The molecule has 0 spiro atoms. The second-order valence-electron chi connectivity index (χ2n) is 4.30. The van der Waals surface area contributed by atoms with Crippen LogP contribution in [0.25, 0.3) is 0 Å². The first kappa shape index (κ1) is 14.5. The smallest absolute Gasteiger partial charge is 0.228 e. The number of nitrogens with one attached hydrogen (secondary N) is 1. The molecular formula is C16H17NO2S. The van der Waals surface area contributed by atoms with Crippen LogP contribution < -0.4 is 10.1 Å². The highest BCUT2D eigenvalue weighted by Crippen LogP contribution is 2.18. The van der Waals surface area contributed by atoms with E-state index >= 15 is 0 Å². The van der Waals surface area contributed by atoms with Crippen molar-refractivity contribution in [2.45, 2.75) is 11.3 Å². The van der Waals surface area contributed by atoms with Crippen molar-refractivity contribution in [2.75, 3.05) is 18.7 Å². The molecule has 0 unspecified atom stereocenters. The number of ether oxygens (including phenoxy) is 1. The van der Waals surface area contributed by atoms with Crippen LogP contribution in [0.15, 0.2) is 53.4 Å². The molecule has 20 heavy (non-hydrogen) atoms. The predicted octanol–water partition coefficient (Wildman–Crippen LogP) is 3.60. The Morgan fingerprint density at radius 2 is 1.75 bits per heavy atom. The van der Waals surface area contributed by atoms with Crippen LogP contribution in [0.1, 0.15) is 5.56 Å². The lowest BCUT2D eigenvalue weighted by atomic mass is 10.1. The minimum Gasteiger partial charge on any atom is -0.497 e. The first-order valence-corrected chi connectivity index (χ1v) is 7.50. The number of carbonyl (C=O) groups is 1. The molecule has 0 aromatic heterocycles. The van der Waals surface area contributed by atoms with Gasteiger partial charge in [-0.2, -0.15) is 0 Å². The summed E-state index contributed by atoms with van der Waals surface area (Å²) in [6.45, 7) is 0. The Morgan fingerprint density at radius 1 is 1.10 bits per heavy atom. The molecule has 0 saturated heterocycles. The fourth-order valence-electron chi connectivity index (χ4n) is 1.81. The lowest BCUT2D eigenvalue weighted by Gasteiger charge is -2.06. The topological polar surface area (TPSA) is 38.3 Å². The fourth-order valence-corrected chi connectivity index (χ4v) is 2.22. The first-order valence-electron chi connectivity index (χ1n) is 6.28. The molecule has 0 aliphatic rings. The molecule has 3 nitrogen and oxygen atoms in total. The summed E-state index contributed by atoms with van der Waals surface area (Å²) < 4.78 is 5.09. The molecule has 1 amide bonds. The molecule has 0 heterocycles. The molecule has 0 aliphatic heterocycles. The minimum absolute atomic E-state index is 0.0212. The van der Waals surface area contributed by atoms with Gasteiger partial charge in [-0.05, 0) is 48.2 Å². The Hall–Kier alpha value is -1.94. The Kier molecular flexibility index (Phi) is 5.07. The summed E-state index contributed by atoms with van der Waals surface area (Å²) in [5, 5.41) is 2.89. The standard InChI is InChI=1S/C16H17NO2S/c1-19-14-7-3-12(4-8-14)11-16(18)17-13-5-9-15(20-2)10-6-13/h3-10H,11H2,1-2H3,(H,17,18). The molecule has 2 rings (SSSR count). The van der Waals surface area contributed by atoms with E-state index in [0.717, 1.165) is 17.0 Å². The average Bonchev–Trinajstić information content (AvgIpc) is 2.49. The number of hydrogen-bond donors (Lipinski definition) is 1.